The topological polar surface area (TPSA) is 71.1 Å². The Bertz CT molecular complexity index is 448. The van der Waals surface area contributed by atoms with Gasteiger partial charge in [-0.25, -0.2) is 0 Å². The van der Waals surface area contributed by atoms with Crippen molar-refractivity contribution in [1.29, 1.82) is 0 Å². The Morgan fingerprint density at radius 2 is 0.966 bits per heavy atom. The molecule has 0 N–H and O–H groups in total. The molecule has 29 heavy (non-hydrogen) atoms. The van der Waals surface area contributed by atoms with Crippen molar-refractivity contribution in [3.63, 3.8) is 0 Å². The lowest BCUT2D eigenvalue weighted by Crippen LogP contribution is -2.18. The van der Waals surface area contributed by atoms with Gasteiger partial charge in [0.25, 0.3) is 0 Å². The summed E-state index contributed by atoms with van der Waals surface area (Å²) in [7, 11) is -7.23. The van der Waals surface area contributed by atoms with Crippen LogP contribution in [-0.4, -0.2) is 31.8 Å². The summed E-state index contributed by atoms with van der Waals surface area (Å²) in [6.45, 7) is 14.7. The van der Waals surface area contributed by atoms with Gasteiger partial charge in [-0.15, -0.1) is 0 Å². The van der Waals surface area contributed by atoms with Crippen molar-refractivity contribution < 1.29 is 27.2 Å². The van der Waals surface area contributed by atoms with Gasteiger partial charge in [-0.05, 0) is 46.0 Å². The van der Waals surface area contributed by atoms with E-state index in [0.29, 0.717) is 12.3 Å². The molecule has 0 heterocycles. The Morgan fingerprint density at radius 3 is 1.34 bits per heavy atom. The minimum atomic E-state index is -3.62. The third-order valence-electron chi connectivity index (χ3n) is 4.85. The summed E-state index contributed by atoms with van der Waals surface area (Å²) in [5.41, 5.74) is 0. The van der Waals surface area contributed by atoms with Crippen molar-refractivity contribution in [1.82, 2.24) is 0 Å². The Labute approximate surface area is 179 Å². The van der Waals surface area contributed by atoms with E-state index < -0.39 is 20.6 Å². The Balaban J connectivity index is 5.08. The van der Waals surface area contributed by atoms with Crippen LogP contribution in [0.5, 0.6) is 0 Å². The van der Waals surface area contributed by atoms with Gasteiger partial charge in [0.1, 0.15) is 0 Å². The number of rotatable bonds is 19. The molecule has 1 unspecified atom stereocenters. The minimum absolute atomic E-state index is 0.221. The van der Waals surface area contributed by atoms with Crippen LogP contribution in [0.25, 0.3) is 0 Å². The Morgan fingerprint density at radius 1 is 0.586 bits per heavy atom. The summed E-state index contributed by atoms with van der Waals surface area (Å²) in [6, 6.07) is 0. The lowest BCUT2D eigenvalue weighted by atomic mass is 9.95. The Kier molecular flexibility index (Phi) is 16.2. The lowest BCUT2D eigenvalue weighted by Gasteiger charge is -2.31. The van der Waals surface area contributed by atoms with Gasteiger partial charge in [0.2, 0.25) is 0 Å². The van der Waals surface area contributed by atoms with Crippen LogP contribution in [0.3, 0.4) is 0 Å². The van der Waals surface area contributed by atoms with Crippen LogP contribution < -0.4 is 0 Å². The second-order valence-corrected chi connectivity index (χ2v) is 12.8. The predicted molar refractivity (Wildman–Crippen MR) is 122 cm³/mol. The minimum Gasteiger partial charge on any atom is -0.308 e. The highest BCUT2D eigenvalue weighted by Gasteiger charge is 2.50. The zero-order chi connectivity index (χ0) is 22.3. The summed E-state index contributed by atoms with van der Waals surface area (Å²) in [5, 5.41) is -0.883. The first kappa shape index (κ1) is 29.3. The average Bonchev–Trinajstić information content (AvgIpc) is 2.61. The summed E-state index contributed by atoms with van der Waals surface area (Å²) < 4.78 is 49.0. The average molecular weight is 457 g/mol. The molecule has 0 bridgehead atoms. The van der Waals surface area contributed by atoms with Gasteiger partial charge in [0.15, 0.2) is 5.40 Å². The van der Waals surface area contributed by atoms with Crippen molar-refractivity contribution in [2.75, 3.05) is 26.4 Å². The molecule has 0 aromatic carbocycles. The first-order chi connectivity index (χ1) is 13.7. The van der Waals surface area contributed by atoms with Gasteiger partial charge in [-0.3, -0.25) is 9.13 Å². The van der Waals surface area contributed by atoms with Gasteiger partial charge in [0, 0.05) is 0 Å². The molecule has 0 aromatic rings. The molecule has 0 rings (SSSR count). The monoisotopic (exact) mass is 456 g/mol. The zero-order valence-corrected chi connectivity index (χ0v) is 21.6. The van der Waals surface area contributed by atoms with E-state index in [4.69, 9.17) is 18.1 Å². The van der Waals surface area contributed by atoms with Gasteiger partial charge in [-0.2, -0.15) is 0 Å². The van der Waals surface area contributed by atoms with Crippen LogP contribution in [-0.2, 0) is 27.2 Å². The molecule has 0 radical (unpaired) electrons. The SMILES string of the molecule is CCOP(=O)(OCC)C(CCCCC(C)CCCC(C)C)P(=O)(OCC)OCC. The standard InChI is InChI=1S/C21H46O6P2/c1-8-24-28(22,25-9-2)21(29(23,26-10-3)27-11-4)18-13-12-16-20(7)17-14-15-19(5)6/h19-21H,8-18H2,1-7H3. The van der Waals surface area contributed by atoms with Gasteiger partial charge >= 0.3 is 15.2 Å². The van der Waals surface area contributed by atoms with E-state index in [0.717, 1.165) is 25.2 Å². The van der Waals surface area contributed by atoms with Crippen molar-refractivity contribution >= 4 is 15.2 Å². The maximum absolute atomic E-state index is 13.5. The molecule has 8 heteroatoms. The fourth-order valence-corrected chi connectivity index (χ4v) is 8.93. The first-order valence-corrected chi connectivity index (χ1v) is 14.7. The molecule has 0 aliphatic carbocycles. The second kappa shape index (κ2) is 16.0. The van der Waals surface area contributed by atoms with E-state index >= 15 is 0 Å². The lowest BCUT2D eigenvalue weighted by molar-refractivity contribution is 0.193. The van der Waals surface area contributed by atoms with Crippen LogP contribution >= 0.6 is 15.2 Å². The van der Waals surface area contributed by atoms with Crippen LogP contribution in [0.4, 0.5) is 0 Å². The van der Waals surface area contributed by atoms with Gasteiger partial charge < -0.3 is 18.1 Å². The molecule has 0 fully saturated rings. The van der Waals surface area contributed by atoms with Crippen molar-refractivity contribution in [3.05, 3.63) is 0 Å². The zero-order valence-electron chi connectivity index (χ0n) is 19.9. The van der Waals surface area contributed by atoms with E-state index in [1.807, 2.05) is 0 Å². The van der Waals surface area contributed by atoms with E-state index in [2.05, 4.69) is 20.8 Å². The molecule has 0 saturated carbocycles. The van der Waals surface area contributed by atoms with Gasteiger partial charge in [0.05, 0.1) is 26.4 Å². The Hall–Kier alpha value is 0.300. The maximum atomic E-state index is 13.5. The van der Waals surface area contributed by atoms with Crippen molar-refractivity contribution in [2.45, 2.75) is 98.8 Å². The maximum Gasteiger partial charge on any atom is 0.345 e. The van der Waals surface area contributed by atoms with E-state index in [-0.39, 0.29) is 26.4 Å². The molecular formula is C21H46O6P2. The van der Waals surface area contributed by atoms with E-state index in [1.165, 1.54) is 19.3 Å². The predicted octanol–water partition coefficient (Wildman–Crippen LogP) is 7.87. The normalized spacial score (nSPS) is 14.1. The highest BCUT2D eigenvalue weighted by molar-refractivity contribution is 7.72. The highest BCUT2D eigenvalue weighted by atomic mass is 31.2. The van der Waals surface area contributed by atoms with Gasteiger partial charge in [-0.1, -0.05) is 59.3 Å². The molecule has 0 amide bonds. The molecule has 6 nitrogen and oxygen atoms in total. The molecule has 1 atom stereocenters. The fraction of sp³-hybridized carbons (Fsp3) is 1.00. The third-order valence-corrected chi connectivity index (χ3v) is 11.0. The molecule has 0 spiro atoms. The van der Waals surface area contributed by atoms with Crippen molar-refractivity contribution in [2.24, 2.45) is 11.8 Å². The van der Waals surface area contributed by atoms with Crippen molar-refractivity contribution in [3.8, 4) is 0 Å². The summed E-state index contributed by atoms with van der Waals surface area (Å²) in [6.07, 6.45) is 7.07. The smallest absolute Gasteiger partial charge is 0.308 e. The second-order valence-electron chi connectivity index (χ2n) is 7.95. The fourth-order valence-electron chi connectivity index (χ4n) is 3.47. The van der Waals surface area contributed by atoms with Crippen LogP contribution in [0.15, 0.2) is 0 Å². The third kappa shape index (κ3) is 11.5. The van der Waals surface area contributed by atoms with E-state index in [9.17, 15) is 9.13 Å². The highest BCUT2D eigenvalue weighted by Crippen LogP contribution is 2.71. The quantitative estimate of drug-likeness (QED) is 0.145. The van der Waals surface area contributed by atoms with Crippen LogP contribution in [0.2, 0.25) is 0 Å². The molecule has 0 aliphatic heterocycles. The molecule has 0 aliphatic rings. The summed E-state index contributed by atoms with van der Waals surface area (Å²) >= 11 is 0. The molecular weight excluding hydrogens is 410 g/mol. The van der Waals surface area contributed by atoms with E-state index in [1.54, 1.807) is 27.7 Å². The summed E-state index contributed by atoms with van der Waals surface area (Å²) in [5.74, 6) is 1.41. The molecule has 0 aromatic heterocycles. The number of hydrogen-bond donors (Lipinski definition) is 0. The first-order valence-electron chi connectivity index (χ1n) is 11.5. The summed E-state index contributed by atoms with van der Waals surface area (Å²) in [4.78, 5) is 0. The van der Waals surface area contributed by atoms with Crippen LogP contribution in [0, 0.1) is 11.8 Å². The largest absolute Gasteiger partial charge is 0.345 e. The number of unbranched alkanes of at least 4 members (excludes halogenated alkanes) is 1. The van der Waals surface area contributed by atoms with Crippen LogP contribution in [0.1, 0.15) is 93.4 Å². The molecule has 176 valence electrons. The molecule has 0 saturated heterocycles. The number of hydrogen-bond acceptors (Lipinski definition) is 6.